The van der Waals surface area contributed by atoms with Crippen LogP contribution < -0.4 is 5.32 Å². The fourth-order valence-corrected chi connectivity index (χ4v) is 3.02. The maximum absolute atomic E-state index is 14.0. The summed E-state index contributed by atoms with van der Waals surface area (Å²) in [6.45, 7) is 6.66. The molecular weight excluding hydrogens is 335 g/mol. The molecular formula is C16H22BrFN2O. The molecule has 0 aromatic heterocycles. The summed E-state index contributed by atoms with van der Waals surface area (Å²) in [6.07, 6.45) is 2.14. The number of nitrogens with one attached hydrogen (secondary N) is 1. The zero-order valence-corrected chi connectivity index (χ0v) is 14.1. The molecule has 1 amide bonds. The number of amides is 1. The first-order chi connectivity index (χ1) is 9.99. The van der Waals surface area contributed by atoms with Gasteiger partial charge in [-0.2, -0.15) is 0 Å². The fraction of sp³-hybridized carbons (Fsp3) is 0.562. The van der Waals surface area contributed by atoms with Gasteiger partial charge in [0.05, 0.1) is 5.56 Å². The second-order valence-corrected chi connectivity index (χ2v) is 6.78. The van der Waals surface area contributed by atoms with Gasteiger partial charge in [-0.1, -0.05) is 15.9 Å². The zero-order chi connectivity index (χ0) is 15.4. The minimum Gasteiger partial charge on any atom is -0.336 e. The van der Waals surface area contributed by atoms with Crippen LogP contribution in [0, 0.1) is 11.7 Å². The quantitative estimate of drug-likeness (QED) is 0.895. The second-order valence-electron chi connectivity index (χ2n) is 5.87. The SMILES string of the molecule is CC(C)N(CC1CCNCC1)C(=O)c1ccc(Br)cc1F. The van der Waals surface area contributed by atoms with Crippen molar-refractivity contribution in [3.8, 4) is 0 Å². The van der Waals surface area contributed by atoms with E-state index in [-0.39, 0.29) is 17.5 Å². The number of carbonyl (C=O) groups excluding carboxylic acids is 1. The van der Waals surface area contributed by atoms with Crippen LogP contribution in [-0.4, -0.2) is 36.5 Å². The third-order valence-corrected chi connectivity index (χ3v) is 4.45. The highest BCUT2D eigenvalue weighted by atomic mass is 79.9. The van der Waals surface area contributed by atoms with E-state index in [1.165, 1.54) is 6.07 Å². The third kappa shape index (κ3) is 4.27. The molecule has 21 heavy (non-hydrogen) atoms. The van der Waals surface area contributed by atoms with Crippen molar-refractivity contribution in [3.05, 3.63) is 34.1 Å². The number of halogens is 2. The van der Waals surface area contributed by atoms with E-state index >= 15 is 0 Å². The van der Waals surface area contributed by atoms with Crippen LogP contribution in [0.1, 0.15) is 37.0 Å². The number of hydrogen-bond donors (Lipinski definition) is 1. The van der Waals surface area contributed by atoms with Crippen LogP contribution in [0.15, 0.2) is 22.7 Å². The summed E-state index contributed by atoms with van der Waals surface area (Å²) in [5.41, 5.74) is 0.154. The number of nitrogens with zero attached hydrogens (tertiary/aromatic N) is 1. The topological polar surface area (TPSA) is 32.3 Å². The lowest BCUT2D eigenvalue weighted by molar-refractivity contribution is 0.0653. The van der Waals surface area contributed by atoms with Crippen LogP contribution in [0.25, 0.3) is 0 Å². The summed E-state index contributed by atoms with van der Waals surface area (Å²) < 4.78 is 14.7. The van der Waals surface area contributed by atoms with Gasteiger partial charge in [-0.3, -0.25) is 4.79 Å². The van der Waals surface area contributed by atoms with E-state index in [4.69, 9.17) is 0 Å². The number of piperidine rings is 1. The monoisotopic (exact) mass is 356 g/mol. The summed E-state index contributed by atoms with van der Waals surface area (Å²) >= 11 is 3.22. The summed E-state index contributed by atoms with van der Waals surface area (Å²) in [5, 5.41) is 3.32. The highest BCUT2D eigenvalue weighted by Crippen LogP contribution is 2.21. The van der Waals surface area contributed by atoms with E-state index in [1.54, 1.807) is 17.0 Å². The van der Waals surface area contributed by atoms with Gasteiger partial charge in [0.2, 0.25) is 0 Å². The Kier molecular flexibility index (Phi) is 5.76. The molecule has 1 aromatic rings. The van der Waals surface area contributed by atoms with Gasteiger partial charge < -0.3 is 10.2 Å². The van der Waals surface area contributed by atoms with Crippen molar-refractivity contribution in [3.63, 3.8) is 0 Å². The van der Waals surface area contributed by atoms with Crippen molar-refractivity contribution in [1.29, 1.82) is 0 Å². The Labute approximate surface area is 134 Å². The molecule has 1 aromatic carbocycles. The molecule has 0 bridgehead atoms. The lowest BCUT2D eigenvalue weighted by Gasteiger charge is -2.33. The van der Waals surface area contributed by atoms with E-state index in [9.17, 15) is 9.18 Å². The molecule has 0 atom stereocenters. The molecule has 0 radical (unpaired) electrons. The first kappa shape index (κ1) is 16.4. The molecule has 1 N–H and O–H groups in total. The van der Waals surface area contributed by atoms with Gasteiger partial charge in [0.25, 0.3) is 5.91 Å². The Morgan fingerprint density at radius 3 is 2.67 bits per heavy atom. The van der Waals surface area contributed by atoms with Crippen LogP contribution in [0.4, 0.5) is 4.39 Å². The predicted octanol–water partition coefficient (Wildman–Crippen LogP) is 3.44. The van der Waals surface area contributed by atoms with Gasteiger partial charge >= 0.3 is 0 Å². The number of carbonyl (C=O) groups is 1. The number of benzene rings is 1. The molecule has 0 saturated carbocycles. The minimum atomic E-state index is -0.467. The molecule has 1 heterocycles. The van der Waals surface area contributed by atoms with Crippen molar-refractivity contribution in [2.75, 3.05) is 19.6 Å². The third-order valence-electron chi connectivity index (χ3n) is 3.96. The molecule has 2 rings (SSSR count). The second kappa shape index (κ2) is 7.36. The average molecular weight is 357 g/mol. The zero-order valence-electron chi connectivity index (χ0n) is 12.5. The van der Waals surface area contributed by atoms with Crippen LogP contribution in [0.5, 0.6) is 0 Å². The van der Waals surface area contributed by atoms with E-state index in [0.29, 0.717) is 16.9 Å². The highest BCUT2D eigenvalue weighted by Gasteiger charge is 2.25. The molecule has 0 aliphatic carbocycles. The van der Waals surface area contributed by atoms with Gasteiger partial charge in [-0.15, -0.1) is 0 Å². The maximum Gasteiger partial charge on any atom is 0.257 e. The first-order valence-electron chi connectivity index (χ1n) is 7.45. The Balaban J connectivity index is 2.14. The minimum absolute atomic E-state index is 0.0652. The predicted molar refractivity (Wildman–Crippen MR) is 85.9 cm³/mol. The Hall–Kier alpha value is -0.940. The largest absolute Gasteiger partial charge is 0.336 e. The lowest BCUT2D eigenvalue weighted by atomic mass is 9.96. The normalized spacial score (nSPS) is 16.2. The number of rotatable bonds is 4. The van der Waals surface area contributed by atoms with Crippen LogP contribution in [0.3, 0.4) is 0 Å². The summed E-state index contributed by atoms with van der Waals surface area (Å²) in [5.74, 6) is -0.185. The first-order valence-corrected chi connectivity index (χ1v) is 8.25. The van der Waals surface area contributed by atoms with Crippen LogP contribution in [-0.2, 0) is 0 Å². The summed E-state index contributed by atoms with van der Waals surface area (Å²) in [4.78, 5) is 14.4. The van der Waals surface area contributed by atoms with Crippen LogP contribution >= 0.6 is 15.9 Å². The lowest BCUT2D eigenvalue weighted by Crippen LogP contribution is -2.43. The van der Waals surface area contributed by atoms with E-state index in [2.05, 4.69) is 21.2 Å². The van der Waals surface area contributed by atoms with Gasteiger partial charge in [0, 0.05) is 17.1 Å². The Bertz CT molecular complexity index is 501. The van der Waals surface area contributed by atoms with Crippen molar-refractivity contribution < 1.29 is 9.18 Å². The molecule has 1 aliphatic rings. The van der Waals surface area contributed by atoms with Crippen molar-refractivity contribution in [2.24, 2.45) is 5.92 Å². The summed E-state index contributed by atoms with van der Waals surface area (Å²) in [7, 11) is 0. The van der Waals surface area contributed by atoms with Gasteiger partial charge in [-0.05, 0) is 63.9 Å². The average Bonchev–Trinajstić information content (AvgIpc) is 2.45. The van der Waals surface area contributed by atoms with Gasteiger partial charge in [-0.25, -0.2) is 4.39 Å². The Morgan fingerprint density at radius 1 is 1.43 bits per heavy atom. The molecule has 5 heteroatoms. The maximum atomic E-state index is 14.0. The molecule has 3 nitrogen and oxygen atoms in total. The molecule has 1 saturated heterocycles. The molecule has 116 valence electrons. The van der Waals surface area contributed by atoms with Crippen molar-refractivity contribution in [1.82, 2.24) is 10.2 Å². The smallest absolute Gasteiger partial charge is 0.257 e. The molecule has 1 fully saturated rings. The van der Waals surface area contributed by atoms with Crippen molar-refractivity contribution >= 4 is 21.8 Å². The Morgan fingerprint density at radius 2 is 2.10 bits per heavy atom. The summed E-state index contributed by atoms with van der Waals surface area (Å²) in [6, 6.07) is 4.67. The van der Waals surface area contributed by atoms with Gasteiger partial charge in [0.1, 0.15) is 5.82 Å². The van der Waals surface area contributed by atoms with E-state index in [1.807, 2.05) is 13.8 Å². The van der Waals surface area contributed by atoms with E-state index < -0.39 is 5.82 Å². The van der Waals surface area contributed by atoms with Gasteiger partial charge in [0.15, 0.2) is 0 Å². The molecule has 1 aliphatic heterocycles. The highest BCUT2D eigenvalue weighted by molar-refractivity contribution is 9.10. The standard InChI is InChI=1S/C16H22BrFN2O/c1-11(2)20(10-12-5-7-19-8-6-12)16(21)14-4-3-13(17)9-15(14)18/h3-4,9,11-12,19H,5-8,10H2,1-2H3. The van der Waals surface area contributed by atoms with Crippen molar-refractivity contribution in [2.45, 2.75) is 32.7 Å². The van der Waals surface area contributed by atoms with Crippen LogP contribution in [0.2, 0.25) is 0 Å². The van der Waals surface area contributed by atoms with E-state index in [0.717, 1.165) is 25.9 Å². The number of hydrogen-bond acceptors (Lipinski definition) is 2. The molecule has 0 spiro atoms. The molecule has 0 unspecified atom stereocenters. The fourth-order valence-electron chi connectivity index (χ4n) is 2.69.